The highest BCUT2D eigenvalue weighted by Gasteiger charge is 2.22. The lowest BCUT2D eigenvalue weighted by Gasteiger charge is -2.20. The first-order chi connectivity index (χ1) is 8.83. The molecule has 2 aromatic rings. The minimum absolute atomic E-state index is 0.279. The number of benzene rings is 2. The van der Waals surface area contributed by atoms with E-state index in [0.717, 1.165) is 18.8 Å². The minimum atomic E-state index is 0.279. The van der Waals surface area contributed by atoms with Crippen LogP contribution in [0.2, 0.25) is 0 Å². The number of nitrogens with one attached hydrogen (secondary N) is 1. The summed E-state index contributed by atoms with van der Waals surface area (Å²) in [6, 6.07) is 14.7. The van der Waals surface area contributed by atoms with Crippen LogP contribution in [0.25, 0.3) is 10.8 Å². The van der Waals surface area contributed by atoms with Crippen LogP contribution in [0.1, 0.15) is 13.3 Å². The summed E-state index contributed by atoms with van der Waals surface area (Å²) in [7, 11) is 0. The maximum atomic E-state index is 6.07. The fraction of sp³-hybridized carbons (Fsp3) is 0.375. The summed E-state index contributed by atoms with van der Waals surface area (Å²) in [5.74, 6) is 1.62. The van der Waals surface area contributed by atoms with Crippen LogP contribution in [0.4, 0.5) is 0 Å². The molecule has 0 saturated carbocycles. The summed E-state index contributed by atoms with van der Waals surface area (Å²) in [5, 5.41) is 5.89. The van der Waals surface area contributed by atoms with Gasteiger partial charge in [0, 0.05) is 12.5 Å². The molecule has 0 spiro atoms. The molecule has 2 aromatic carbocycles. The van der Waals surface area contributed by atoms with E-state index in [2.05, 4.69) is 54.7 Å². The van der Waals surface area contributed by atoms with E-state index in [0.29, 0.717) is 5.92 Å². The summed E-state index contributed by atoms with van der Waals surface area (Å²) in [6.45, 7) is 4.37. The molecular weight excluding hydrogens is 222 g/mol. The van der Waals surface area contributed by atoms with Gasteiger partial charge in [-0.1, -0.05) is 30.3 Å². The van der Waals surface area contributed by atoms with E-state index in [1.54, 1.807) is 0 Å². The van der Waals surface area contributed by atoms with Crippen molar-refractivity contribution in [2.75, 3.05) is 13.1 Å². The van der Waals surface area contributed by atoms with Crippen molar-refractivity contribution in [1.82, 2.24) is 5.32 Å². The SMILES string of the molecule is CC(Oc1ccc2ccccc2c1)C1CCNC1. The normalized spacial score (nSPS) is 21.1. The van der Waals surface area contributed by atoms with Crippen molar-refractivity contribution in [1.29, 1.82) is 0 Å². The maximum Gasteiger partial charge on any atom is 0.120 e. The number of hydrogen-bond acceptors (Lipinski definition) is 2. The summed E-state index contributed by atoms with van der Waals surface area (Å²) in [4.78, 5) is 0. The molecule has 2 heteroatoms. The molecule has 0 radical (unpaired) electrons. The second-order valence-electron chi connectivity index (χ2n) is 5.08. The second kappa shape index (κ2) is 4.99. The fourth-order valence-corrected chi connectivity index (χ4v) is 2.63. The van der Waals surface area contributed by atoms with Crippen molar-refractivity contribution in [3.63, 3.8) is 0 Å². The Morgan fingerprint density at radius 1 is 1.17 bits per heavy atom. The highest BCUT2D eigenvalue weighted by atomic mass is 16.5. The molecule has 1 saturated heterocycles. The average molecular weight is 241 g/mol. The molecule has 1 aliphatic rings. The van der Waals surface area contributed by atoms with Crippen LogP contribution in [0.15, 0.2) is 42.5 Å². The van der Waals surface area contributed by atoms with E-state index in [4.69, 9.17) is 4.74 Å². The first kappa shape index (κ1) is 11.5. The monoisotopic (exact) mass is 241 g/mol. The summed E-state index contributed by atoms with van der Waals surface area (Å²) in [5.41, 5.74) is 0. The highest BCUT2D eigenvalue weighted by Crippen LogP contribution is 2.24. The van der Waals surface area contributed by atoms with E-state index < -0.39 is 0 Å². The van der Waals surface area contributed by atoms with E-state index in [9.17, 15) is 0 Å². The molecule has 94 valence electrons. The quantitative estimate of drug-likeness (QED) is 0.891. The first-order valence-corrected chi connectivity index (χ1v) is 6.69. The Morgan fingerprint density at radius 3 is 2.78 bits per heavy atom. The molecule has 3 rings (SSSR count). The van der Waals surface area contributed by atoms with E-state index in [1.807, 2.05) is 0 Å². The first-order valence-electron chi connectivity index (χ1n) is 6.69. The van der Waals surface area contributed by atoms with Crippen LogP contribution in [0.5, 0.6) is 5.75 Å². The Bertz CT molecular complexity index is 531. The number of rotatable bonds is 3. The predicted octanol–water partition coefficient (Wildman–Crippen LogP) is 3.22. The Morgan fingerprint density at radius 2 is 2.00 bits per heavy atom. The fourth-order valence-electron chi connectivity index (χ4n) is 2.63. The van der Waals surface area contributed by atoms with Crippen molar-refractivity contribution in [2.24, 2.45) is 5.92 Å². The van der Waals surface area contributed by atoms with Gasteiger partial charge in [-0.2, -0.15) is 0 Å². The average Bonchev–Trinajstić information content (AvgIpc) is 2.92. The molecule has 0 aromatic heterocycles. The molecule has 2 atom stereocenters. The van der Waals surface area contributed by atoms with E-state index in [-0.39, 0.29) is 6.10 Å². The molecule has 1 heterocycles. The number of fused-ring (bicyclic) bond motifs is 1. The number of ether oxygens (including phenoxy) is 1. The summed E-state index contributed by atoms with van der Waals surface area (Å²) < 4.78 is 6.07. The van der Waals surface area contributed by atoms with Gasteiger partial charge in [0.15, 0.2) is 0 Å². The third kappa shape index (κ3) is 2.34. The lowest BCUT2D eigenvalue weighted by molar-refractivity contribution is 0.161. The smallest absolute Gasteiger partial charge is 0.120 e. The molecule has 18 heavy (non-hydrogen) atoms. The van der Waals surface area contributed by atoms with Crippen LogP contribution >= 0.6 is 0 Å². The highest BCUT2D eigenvalue weighted by molar-refractivity contribution is 5.83. The van der Waals surface area contributed by atoms with Gasteiger partial charge in [-0.25, -0.2) is 0 Å². The summed E-state index contributed by atoms with van der Waals surface area (Å²) in [6.07, 6.45) is 1.50. The Balaban J connectivity index is 1.77. The van der Waals surface area contributed by atoms with Gasteiger partial charge in [0.2, 0.25) is 0 Å². The zero-order chi connectivity index (χ0) is 12.4. The Kier molecular flexibility index (Phi) is 3.20. The van der Waals surface area contributed by atoms with E-state index >= 15 is 0 Å². The molecular formula is C16H19NO. The largest absolute Gasteiger partial charge is 0.490 e. The summed E-state index contributed by atoms with van der Waals surface area (Å²) >= 11 is 0. The van der Waals surface area contributed by atoms with Gasteiger partial charge < -0.3 is 10.1 Å². The molecule has 1 N–H and O–H groups in total. The standard InChI is InChI=1S/C16H19NO/c1-12(15-8-9-17-11-15)18-16-7-6-13-4-2-3-5-14(13)10-16/h2-7,10,12,15,17H,8-9,11H2,1H3. The lowest BCUT2D eigenvalue weighted by atomic mass is 10.0. The van der Waals surface area contributed by atoms with E-state index in [1.165, 1.54) is 17.2 Å². The van der Waals surface area contributed by atoms with Crippen LogP contribution in [0.3, 0.4) is 0 Å². The topological polar surface area (TPSA) is 21.3 Å². The van der Waals surface area contributed by atoms with Gasteiger partial charge in [-0.3, -0.25) is 0 Å². The van der Waals surface area contributed by atoms with Crippen LogP contribution < -0.4 is 10.1 Å². The van der Waals surface area contributed by atoms with Gasteiger partial charge in [0.25, 0.3) is 0 Å². The molecule has 1 fully saturated rings. The van der Waals surface area contributed by atoms with Gasteiger partial charge in [0.05, 0.1) is 6.10 Å². The third-order valence-electron chi connectivity index (χ3n) is 3.81. The third-order valence-corrected chi connectivity index (χ3v) is 3.81. The molecule has 0 aliphatic carbocycles. The van der Waals surface area contributed by atoms with Crippen molar-refractivity contribution >= 4 is 10.8 Å². The van der Waals surface area contributed by atoms with Crippen LogP contribution in [-0.2, 0) is 0 Å². The maximum absolute atomic E-state index is 6.07. The lowest BCUT2D eigenvalue weighted by Crippen LogP contribution is -2.25. The molecule has 2 unspecified atom stereocenters. The van der Waals surface area contributed by atoms with Gasteiger partial charge >= 0.3 is 0 Å². The molecule has 0 amide bonds. The van der Waals surface area contributed by atoms with Crippen molar-refractivity contribution < 1.29 is 4.74 Å². The van der Waals surface area contributed by atoms with Crippen LogP contribution in [0, 0.1) is 5.92 Å². The van der Waals surface area contributed by atoms with Gasteiger partial charge in [-0.05, 0) is 42.8 Å². The molecule has 2 nitrogen and oxygen atoms in total. The van der Waals surface area contributed by atoms with Crippen molar-refractivity contribution in [3.8, 4) is 5.75 Å². The zero-order valence-electron chi connectivity index (χ0n) is 10.7. The molecule has 1 aliphatic heterocycles. The molecule has 0 bridgehead atoms. The van der Waals surface area contributed by atoms with Crippen LogP contribution in [-0.4, -0.2) is 19.2 Å². The predicted molar refractivity (Wildman–Crippen MR) is 75.0 cm³/mol. The van der Waals surface area contributed by atoms with Crippen molar-refractivity contribution in [3.05, 3.63) is 42.5 Å². The second-order valence-corrected chi connectivity index (χ2v) is 5.08. The minimum Gasteiger partial charge on any atom is -0.490 e. The van der Waals surface area contributed by atoms with Crippen molar-refractivity contribution in [2.45, 2.75) is 19.4 Å². The zero-order valence-corrected chi connectivity index (χ0v) is 10.7. The number of hydrogen-bond donors (Lipinski definition) is 1. The van der Waals surface area contributed by atoms with Gasteiger partial charge in [0.1, 0.15) is 5.75 Å². The van der Waals surface area contributed by atoms with Gasteiger partial charge in [-0.15, -0.1) is 0 Å². The Labute approximate surface area is 108 Å². The Hall–Kier alpha value is -1.54.